The Balaban J connectivity index is 3.27. The second-order valence-electron chi connectivity index (χ2n) is 7.68. The number of nitrogens with zero attached hydrogens (tertiary/aromatic N) is 1. The van der Waals surface area contributed by atoms with Crippen LogP contribution in [0, 0.1) is 24.8 Å². The summed E-state index contributed by atoms with van der Waals surface area (Å²) in [6.45, 7) is 4.56. The average Bonchev–Trinajstić information content (AvgIpc) is 2.77. The third-order valence-electron chi connectivity index (χ3n) is 4.08. The van der Waals surface area contributed by atoms with Gasteiger partial charge < -0.3 is 20.1 Å². The monoisotopic (exact) mass is 473 g/mol. The Morgan fingerprint density at radius 1 is 1.15 bits per heavy atom. The van der Waals surface area contributed by atoms with Crippen molar-refractivity contribution in [3.8, 4) is 24.8 Å². The van der Waals surface area contributed by atoms with Crippen molar-refractivity contribution < 1.29 is 28.7 Å². The highest BCUT2D eigenvalue weighted by Gasteiger charge is 2.35. The molecule has 2 unspecified atom stereocenters. The molecule has 0 aliphatic carbocycles. The van der Waals surface area contributed by atoms with Gasteiger partial charge in [0, 0.05) is 17.4 Å². The maximum Gasteiger partial charge on any atom is 0.408 e. The van der Waals surface area contributed by atoms with Crippen molar-refractivity contribution in [1.82, 2.24) is 15.5 Å². The Bertz CT molecular complexity index is 956. The Morgan fingerprint density at radius 2 is 1.76 bits per heavy atom. The topological polar surface area (TPSA) is 114 Å². The van der Waals surface area contributed by atoms with Crippen molar-refractivity contribution in [1.29, 1.82) is 0 Å². The molecule has 3 amide bonds. The van der Waals surface area contributed by atoms with Crippen LogP contribution in [0.4, 0.5) is 4.79 Å². The third-order valence-corrected chi connectivity index (χ3v) is 4.45. The van der Waals surface area contributed by atoms with Crippen LogP contribution < -0.4 is 10.6 Å². The maximum absolute atomic E-state index is 13.2. The normalized spacial score (nSPS) is 12.2. The van der Waals surface area contributed by atoms with E-state index in [9.17, 15) is 19.2 Å². The minimum atomic E-state index is -1.33. The van der Waals surface area contributed by atoms with Crippen LogP contribution in [0.2, 0.25) is 0 Å². The van der Waals surface area contributed by atoms with Crippen LogP contribution in [0.3, 0.4) is 0 Å². The van der Waals surface area contributed by atoms with E-state index in [4.69, 9.17) is 17.6 Å². The van der Waals surface area contributed by atoms with Gasteiger partial charge in [-0.15, -0.1) is 6.42 Å². The lowest BCUT2D eigenvalue weighted by Crippen LogP contribution is -2.52. The summed E-state index contributed by atoms with van der Waals surface area (Å²) in [5.41, 5.74) is 0.0820. The van der Waals surface area contributed by atoms with E-state index in [1.54, 1.807) is 32.9 Å². The predicted molar refractivity (Wildman–Crippen MR) is 125 cm³/mol. The van der Waals surface area contributed by atoms with Gasteiger partial charge in [-0.2, -0.15) is 12.6 Å². The molecule has 0 saturated carbocycles. The first-order valence-corrected chi connectivity index (χ1v) is 10.4. The summed E-state index contributed by atoms with van der Waals surface area (Å²) >= 11 is 4.12. The molecule has 2 atom stereocenters. The Labute approximate surface area is 199 Å². The maximum atomic E-state index is 13.2. The van der Waals surface area contributed by atoms with Gasteiger partial charge in [-0.3, -0.25) is 19.3 Å². The summed E-state index contributed by atoms with van der Waals surface area (Å²) < 4.78 is 9.69. The number of methoxy groups -OCH3 is 1. The van der Waals surface area contributed by atoms with Gasteiger partial charge in [0.25, 0.3) is 5.91 Å². The third kappa shape index (κ3) is 8.43. The SMILES string of the molecule is C#Cc1ccc(C(C(=O)NCC(=O)OC)N(C#C)C(=O)C(CS)NC(=O)OC(C)(C)C)cc1. The number of carbonyl (C=O) groups excluding carboxylic acids is 4. The highest BCUT2D eigenvalue weighted by Crippen LogP contribution is 2.23. The van der Waals surface area contributed by atoms with Crippen LogP contribution in [-0.2, 0) is 23.9 Å². The Morgan fingerprint density at radius 3 is 2.21 bits per heavy atom. The van der Waals surface area contributed by atoms with E-state index in [1.807, 2.05) is 0 Å². The lowest BCUT2D eigenvalue weighted by Gasteiger charge is -2.29. The molecule has 9 nitrogen and oxygen atoms in total. The molecule has 2 N–H and O–H groups in total. The molecular weight excluding hydrogens is 446 g/mol. The molecule has 0 spiro atoms. The number of thiol groups is 1. The summed E-state index contributed by atoms with van der Waals surface area (Å²) in [4.78, 5) is 50.6. The number of ether oxygens (including phenoxy) is 2. The Kier molecular flexibility index (Phi) is 10.3. The molecule has 1 rings (SSSR count). The Hall–Kier alpha value is -3.63. The fraction of sp³-hybridized carbons (Fsp3) is 0.391. The smallest absolute Gasteiger partial charge is 0.408 e. The van der Waals surface area contributed by atoms with Gasteiger partial charge in [-0.25, -0.2) is 4.79 Å². The quantitative estimate of drug-likeness (QED) is 0.227. The standard InChI is InChI=1S/C23H27N3O6S/c1-7-15-9-11-16(12-10-15)19(20(28)24-13-18(27)31-6)26(8-2)21(29)17(14-33)25-22(30)32-23(3,4)5/h1-2,9-12,17,19,33H,13-14H2,3-6H3,(H,24,28)(H,25,30). The van der Waals surface area contributed by atoms with E-state index >= 15 is 0 Å². The van der Waals surface area contributed by atoms with Gasteiger partial charge in [-0.1, -0.05) is 24.5 Å². The van der Waals surface area contributed by atoms with E-state index in [0.717, 1.165) is 4.90 Å². The molecule has 0 aliphatic heterocycles. The summed E-state index contributed by atoms with van der Waals surface area (Å²) in [6, 6.07) is 5.88. The van der Waals surface area contributed by atoms with Crippen LogP contribution >= 0.6 is 12.6 Å². The number of rotatable bonds is 8. The zero-order valence-corrected chi connectivity index (χ0v) is 19.8. The summed E-state index contributed by atoms with van der Waals surface area (Å²) in [5, 5.41) is 4.79. The first kappa shape index (κ1) is 27.4. The zero-order chi connectivity index (χ0) is 25.2. The van der Waals surface area contributed by atoms with Gasteiger partial charge in [0.15, 0.2) is 0 Å². The first-order chi connectivity index (χ1) is 15.5. The van der Waals surface area contributed by atoms with E-state index in [2.05, 4.69) is 40.0 Å². The van der Waals surface area contributed by atoms with Crippen LogP contribution in [0.5, 0.6) is 0 Å². The number of benzene rings is 1. The van der Waals surface area contributed by atoms with E-state index in [-0.39, 0.29) is 5.75 Å². The number of terminal acetylenes is 2. The van der Waals surface area contributed by atoms with Crippen molar-refractivity contribution in [2.24, 2.45) is 0 Å². The van der Waals surface area contributed by atoms with Gasteiger partial charge >= 0.3 is 12.1 Å². The van der Waals surface area contributed by atoms with Gasteiger partial charge in [0.2, 0.25) is 5.91 Å². The minimum absolute atomic E-state index is 0.122. The highest BCUT2D eigenvalue weighted by atomic mass is 32.1. The molecule has 176 valence electrons. The molecule has 0 bridgehead atoms. The van der Waals surface area contributed by atoms with Gasteiger partial charge in [-0.05, 0) is 38.5 Å². The first-order valence-electron chi connectivity index (χ1n) is 9.78. The average molecular weight is 474 g/mol. The molecule has 0 aliphatic rings. The van der Waals surface area contributed by atoms with Gasteiger partial charge in [0.05, 0.1) is 7.11 Å². The van der Waals surface area contributed by atoms with Crippen molar-refractivity contribution >= 4 is 36.5 Å². The van der Waals surface area contributed by atoms with Crippen LogP contribution in [0.25, 0.3) is 0 Å². The molecule has 1 aromatic carbocycles. The lowest BCUT2D eigenvalue weighted by atomic mass is 10.0. The summed E-state index contributed by atoms with van der Waals surface area (Å²) in [7, 11) is 1.17. The molecular formula is C23H27N3O6S. The highest BCUT2D eigenvalue weighted by molar-refractivity contribution is 7.80. The van der Waals surface area contributed by atoms with Gasteiger partial charge in [0.1, 0.15) is 24.2 Å². The van der Waals surface area contributed by atoms with Crippen LogP contribution in [0.15, 0.2) is 24.3 Å². The lowest BCUT2D eigenvalue weighted by molar-refractivity contribution is -0.142. The molecule has 33 heavy (non-hydrogen) atoms. The second kappa shape index (κ2) is 12.4. The molecule has 0 fully saturated rings. The molecule has 0 saturated heterocycles. The number of hydrogen-bond donors (Lipinski definition) is 3. The predicted octanol–water partition coefficient (Wildman–Crippen LogP) is 1.24. The van der Waals surface area contributed by atoms with Crippen LogP contribution in [0.1, 0.15) is 37.9 Å². The van der Waals surface area contributed by atoms with Crippen LogP contribution in [-0.4, -0.2) is 59.8 Å². The molecule has 1 aromatic rings. The number of alkyl carbamates (subject to hydrolysis) is 1. The second-order valence-corrected chi connectivity index (χ2v) is 8.05. The van der Waals surface area contributed by atoms with Crippen molar-refractivity contribution in [2.45, 2.75) is 38.5 Å². The zero-order valence-electron chi connectivity index (χ0n) is 18.9. The number of carbonyl (C=O) groups is 4. The van der Waals surface area contributed by atoms with E-state index < -0.39 is 48.1 Å². The summed E-state index contributed by atoms with van der Waals surface area (Å²) in [6.07, 6.45) is 10.1. The molecule has 0 aromatic heterocycles. The van der Waals surface area contributed by atoms with Crippen molar-refractivity contribution in [3.63, 3.8) is 0 Å². The largest absolute Gasteiger partial charge is 0.468 e. The molecule has 0 radical (unpaired) electrons. The number of esters is 1. The van der Waals surface area contributed by atoms with E-state index in [0.29, 0.717) is 11.1 Å². The fourth-order valence-electron chi connectivity index (χ4n) is 2.58. The van der Waals surface area contributed by atoms with Crippen molar-refractivity contribution in [3.05, 3.63) is 35.4 Å². The molecule has 0 heterocycles. The summed E-state index contributed by atoms with van der Waals surface area (Å²) in [5.74, 6) is 0.115. The number of amides is 3. The van der Waals surface area contributed by atoms with E-state index in [1.165, 1.54) is 19.2 Å². The fourth-order valence-corrected chi connectivity index (χ4v) is 2.82. The number of hydrogen-bond acceptors (Lipinski definition) is 7. The number of nitrogens with one attached hydrogen (secondary N) is 2. The minimum Gasteiger partial charge on any atom is -0.468 e. The molecule has 10 heteroatoms. The van der Waals surface area contributed by atoms with Crippen molar-refractivity contribution in [2.75, 3.05) is 19.4 Å².